The summed E-state index contributed by atoms with van der Waals surface area (Å²) >= 11 is 0. The fourth-order valence-corrected chi connectivity index (χ4v) is 4.09. The highest BCUT2D eigenvalue weighted by molar-refractivity contribution is 5.93. The molecule has 4 aromatic rings. The minimum atomic E-state index is 0.324. The average Bonchev–Trinajstić information content (AvgIpc) is 3.45. The number of pyridine rings is 1. The monoisotopic (exact) mass is 373 g/mol. The molecule has 142 valence electrons. The third kappa shape index (κ3) is 2.90. The number of hydrogen-bond donors (Lipinski definition) is 2. The fourth-order valence-electron chi connectivity index (χ4n) is 4.09. The predicted octanol–water partition coefficient (Wildman–Crippen LogP) is 4.23. The molecule has 0 spiro atoms. The van der Waals surface area contributed by atoms with Crippen molar-refractivity contribution in [1.29, 1.82) is 0 Å². The Bertz CT molecular complexity index is 1140. The van der Waals surface area contributed by atoms with Crippen LogP contribution in [0.25, 0.3) is 33.5 Å². The molecule has 1 fully saturated rings. The van der Waals surface area contributed by atoms with Gasteiger partial charge in [-0.15, -0.1) is 0 Å². The van der Waals surface area contributed by atoms with Crippen molar-refractivity contribution in [3.05, 3.63) is 53.7 Å². The van der Waals surface area contributed by atoms with Gasteiger partial charge in [-0.2, -0.15) is 4.98 Å². The molecule has 6 heteroatoms. The first kappa shape index (κ1) is 17.1. The first-order valence-electron chi connectivity index (χ1n) is 9.85. The molecule has 1 saturated heterocycles. The van der Waals surface area contributed by atoms with Crippen molar-refractivity contribution in [3.8, 4) is 22.6 Å². The predicted molar refractivity (Wildman–Crippen MR) is 109 cm³/mol. The van der Waals surface area contributed by atoms with Gasteiger partial charge in [0.1, 0.15) is 0 Å². The molecular formula is C22H23N5O. The second kappa shape index (κ2) is 6.87. The standard InChI is InChI=1S/C22H23N5O/c1-3-17-18-11-15(21-26-22(28-27-21)16-6-8-23-12-16)4-5-19(18)25-20(17)14-7-9-24-13(2)10-14/h4-5,7,9-11,16,23,25H,3,6,8,12H2,1-2H3. The van der Waals surface area contributed by atoms with Gasteiger partial charge in [-0.3, -0.25) is 4.98 Å². The summed E-state index contributed by atoms with van der Waals surface area (Å²) in [6, 6.07) is 10.5. The van der Waals surface area contributed by atoms with Crippen LogP contribution < -0.4 is 5.32 Å². The SMILES string of the molecule is CCc1c(-c2ccnc(C)c2)[nH]c2ccc(-c3noc(C4CCNC4)n3)cc12. The minimum Gasteiger partial charge on any atom is -0.354 e. The maximum Gasteiger partial charge on any atom is 0.231 e. The lowest BCUT2D eigenvalue weighted by molar-refractivity contribution is 0.359. The third-order valence-corrected chi connectivity index (χ3v) is 5.55. The van der Waals surface area contributed by atoms with Gasteiger partial charge >= 0.3 is 0 Å². The number of aromatic amines is 1. The maximum absolute atomic E-state index is 5.54. The highest BCUT2D eigenvalue weighted by atomic mass is 16.5. The van der Waals surface area contributed by atoms with Crippen LogP contribution in [0.5, 0.6) is 0 Å². The Morgan fingerprint density at radius 2 is 2.11 bits per heavy atom. The summed E-state index contributed by atoms with van der Waals surface area (Å²) in [5, 5.41) is 8.79. The summed E-state index contributed by atoms with van der Waals surface area (Å²) in [6.07, 6.45) is 3.85. The molecular weight excluding hydrogens is 350 g/mol. The number of hydrogen-bond acceptors (Lipinski definition) is 5. The van der Waals surface area contributed by atoms with Crippen molar-refractivity contribution in [1.82, 2.24) is 25.4 Å². The van der Waals surface area contributed by atoms with Gasteiger partial charge in [-0.05, 0) is 62.2 Å². The summed E-state index contributed by atoms with van der Waals surface area (Å²) in [5.74, 6) is 1.72. The summed E-state index contributed by atoms with van der Waals surface area (Å²) in [4.78, 5) is 12.6. The number of nitrogens with zero attached hydrogens (tertiary/aromatic N) is 3. The molecule has 0 radical (unpaired) electrons. The van der Waals surface area contributed by atoms with E-state index in [1.54, 1.807) is 0 Å². The molecule has 1 atom stereocenters. The van der Waals surface area contributed by atoms with E-state index in [-0.39, 0.29) is 0 Å². The fraction of sp³-hybridized carbons (Fsp3) is 0.318. The van der Waals surface area contributed by atoms with E-state index in [2.05, 4.69) is 62.7 Å². The molecule has 5 rings (SSSR count). The summed E-state index contributed by atoms with van der Waals surface area (Å²) < 4.78 is 5.54. The third-order valence-electron chi connectivity index (χ3n) is 5.55. The largest absolute Gasteiger partial charge is 0.354 e. The lowest BCUT2D eigenvalue weighted by atomic mass is 10.0. The van der Waals surface area contributed by atoms with Crippen molar-refractivity contribution >= 4 is 10.9 Å². The molecule has 28 heavy (non-hydrogen) atoms. The Labute approximate surface area is 163 Å². The first-order chi connectivity index (χ1) is 13.7. The average molecular weight is 373 g/mol. The highest BCUT2D eigenvalue weighted by Crippen LogP contribution is 2.33. The normalized spacial score (nSPS) is 16.9. The molecule has 3 aromatic heterocycles. The van der Waals surface area contributed by atoms with Crippen molar-refractivity contribution in [2.24, 2.45) is 0 Å². The zero-order chi connectivity index (χ0) is 19.1. The molecule has 1 unspecified atom stereocenters. The van der Waals surface area contributed by atoms with E-state index in [9.17, 15) is 0 Å². The van der Waals surface area contributed by atoms with Crippen LogP contribution in [-0.2, 0) is 6.42 Å². The number of aromatic nitrogens is 4. The number of H-pyrrole nitrogens is 1. The number of benzene rings is 1. The van der Waals surface area contributed by atoms with Gasteiger partial charge in [-0.1, -0.05) is 12.1 Å². The molecule has 4 heterocycles. The highest BCUT2D eigenvalue weighted by Gasteiger charge is 2.23. The van der Waals surface area contributed by atoms with Crippen LogP contribution in [0.15, 0.2) is 41.1 Å². The molecule has 1 aliphatic rings. The van der Waals surface area contributed by atoms with E-state index in [0.29, 0.717) is 11.7 Å². The van der Waals surface area contributed by atoms with Crippen molar-refractivity contribution < 1.29 is 4.52 Å². The smallest absolute Gasteiger partial charge is 0.231 e. The van der Waals surface area contributed by atoms with Crippen molar-refractivity contribution in [2.45, 2.75) is 32.6 Å². The minimum absolute atomic E-state index is 0.324. The van der Waals surface area contributed by atoms with E-state index in [4.69, 9.17) is 4.52 Å². The lowest BCUT2D eigenvalue weighted by Crippen LogP contribution is -2.08. The quantitative estimate of drug-likeness (QED) is 0.560. The van der Waals surface area contributed by atoms with Crippen LogP contribution >= 0.6 is 0 Å². The zero-order valence-corrected chi connectivity index (χ0v) is 16.1. The lowest BCUT2D eigenvalue weighted by Gasteiger charge is -2.03. The maximum atomic E-state index is 5.54. The molecule has 0 amide bonds. The van der Waals surface area contributed by atoms with E-state index in [0.717, 1.165) is 59.9 Å². The van der Waals surface area contributed by atoms with Crippen LogP contribution in [0.2, 0.25) is 0 Å². The van der Waals surface area contributed by atoms with Gasteiger partial charge in [-0.25, -0.2) is 0 Å². The van der Waals surface area contributed by atoms with E-state index in [1.807, 2.05) is 13.1 Å². The number of nitrogens with one attached hydrogen (secondary N) is 2. The van der Waals surface area contributed by atoms with Crippen molar-refractivity contribution in [3.63, 3.8) is 0 Å². The molecule has 6 nitrogen and oxygen atoms in total. The topological polar surface area (TPSA) is 79.6 Å². The van der Waals surface area contributed by atoms with E-state index < -0.39 is 0 Å². The van der Waals surface area contributed by atoms with Crippen LogP contribution in [0.1, 0.15) is 36.4 Å². The van der Waals surface area contributed by atoms with Crippen LogP contribution in [-0.4, -0.2) is 33.2 Å². The molecule has 1 aliphatic heterocycles. The van der Waals surface area contributed by atoms with Crippen molar-refractivity contribution in [2.75, 3.05) is 13.1 Å². The Hall–Kier alpha value is -2.99. The van der Waals surface area contributed by atoms with E-state index in [1.165, 1.54) is 10.9 Å². The summed E-state index contributed by atoms with van der Waals surface area (Å²) in [7, 11) is 0. The first-order valence-corrected chi connectivity index (χ1v) is 9.85. The Kier molecular flexibility index (Phi) is 4.20. The van der Waals surface area contributed by atoms with Gasteiger partial charge in [0.15, 0.2) is 0 Å². The van der Waals surface area contributed by atoms with Gasteiger partial charge in [0.2, 0.25) is 11.7 Å². The van der Waals surface area contributed by atoms with E-state index >= 15 is 0 Å². The Morgan fingerprint density at radius 1 is 1.18 bits per heavy atom. The zero-order valence-electron chi connectivity index (χ0n) is 16.1. The Morgan fingerprint density at radius 3 is 2.89 bits per heavy atom. The molecule has 0 saturated carbocycles. The van der Waals surface area contributed by atoms with Gasteiger partial charge in [0, 0.05) is 46.2 Å². The van der Waals surface area contributed by atoms with Crippen LogP contribution in [0, 0.1) is 6.92 Å². The number of rotatable bonds is 4. The van der Waals surface area contributed by atoms with Gasteiger partial charge < -0.3 is 14.8 Å². The summed E-state index contributed by atoms with van der Waals surface area (Å²) in [5.41, 5.74) is 6.74. The van der Waals surface area contributed by atoms with Crippen LogP contribution in [0.4, 0.5) is 0 Å². The molecule has 2 N–H and O–H groups in total. The molecule has 0 bridgehead atoms. The summed E-state index contributed by atoms with van der Waals surface area (Å²) in [6.45, 7) is 6.12. The van der Waals surface area contributed by atoms with Gasteiger partial charge in [0.05, 0.1) is 5.92 Å². The molecule has 0 aliphatic carbocycles. The van der Waals surface area contributed by atoms with Gasteiger partial charge in [0.25, 0.3) is 0 Å². The number of aryl methyl sites for hydroxylation is 2. The van der Waals surface area contributed by atoms with Crippen LogP contribution in [0.3, 0.4) is 0 Å². The Balaban J connectivity index is 1.57. The second-order valence-electron chi connectivity index (χ2n) is 7.42. The second-order valence-corrected chi connectivity index (χ2v) is 7.42. The number of fused-ring (bicyclic) bond motifs is 1. The molecule has 1 aromatic carbocycles.